The van der Waals surface area contributed by atoms with Crippen molar-refractivity contribution < 1.29 is 19.1 Å². The van der Waals surface area contributed by atoms with Crippen LogP contribution in [0.15, 0.2) is 18.2 Å². The second-order valence-electron chi connectivity index (χ2n) is 7.85. The number of nitrogens with zero attached hydrogens (tertiary/aromatic N) is 2. The lowest BCUT2D eigenvalue weighted by Gasteiger charge is -2.26. The molecule has 0 N–H and O–H groups in total. The summed E-state index contributed by atoms with van der Waals surface area (Å²) < 4.78 is 10.8. The van der Waals surface area contributed by atoms with Gasteiger partial charge in [-0.1, -0.05) is 0 Å². The molecule has 2 fully saturated rings. The number of hydrogen-bond donors (Lipinski definition) is 0. The summed E-state index contributed by atoms with van der Waals surface area (Å²) >= 11 is 0. The molecular weight excluding hydrogens is 320 g/mol. The molecule has 0 spiro atoms. The minimum absolute atomic E-state index is 0.217. The van der Waals surface area contributed by atoms with E-state index in [4.69, 9.17) is 9.47 Å². The summed E-state index contributed by atoms with van der Waals surface area (Å²) in [4.78, 5) is 27.4. The van der Waals surface area contributed by atoms with Gasteiger partial charge >= 0.3 is 6.09 Å². The second kappa shape index (κ2) is 6.58. The smallest absolute Gasteiger partial charge is 0.410 e. The van der Waals surface area contributed by atoms with Crippen molar-refractivity contribution in [3.05, 3.63) is 23.8 Å². The summed E-state index contributed by atoms with van der Waals surface area (Å²) in [6.07, 6.45) is 0.588. The van der Waals surface area contributed by atoms with Gasteiger partial charge in [-0.05, 0) is 32.9 Å². The lowest BCUT2D eigenvalue weighted by atomic mass is 10.0. The van der Waals surface area contributed by atoms with E-state index in [2.05, 4.69) is 4.90 Å². The standard InChI is InChI=1S/C19H26N2O4/c1-19(2,3)25-18(23)21-10-14-8-20(9-15(14)11-21)16-6-5-13(12-22)17(7-16)24-4/h5-7,12,14-15H,8-11H2,1-4H3/t14-,15+. The Balaban J connectivity index is 1.63. The molecule has 1 aromatic rings. The number of ether oxygens (including phenoxy) is 2. The molecule has 1 amide bonds. The van der Waals surface area contributed by atoms with Crippen LogP contribution < -0.4 is 9.64 Å². The molecule has 6 heteroatoms. The first-order valence-corrected chi connectivity index (χ1v) is 8.67. The summed E-state index contributed by atoms with van der Waals surface area (Å²) in [5, 5.41) is 0. The maximum atomic E-state index is 12.2. The molecule has 0 radical (unpaired) electrons. The van der Waals surface area contributed by atoms with Gasteiger partial charge in [0.15, 0.2) is 6.29 Å². The van der Waals surface area contributed by atoms with Crippen molar-refractivity contribution in [2.45, 2.75) is 26.4 Å². The Labute approximate surface area is 148 Å². The van der Waals surface area contributed by atoms with Crippen molar-refractivity contribution in [1.29, 1.82) is 0 Å². The molecule has 2 saturated heterocycles. The van der Waals surface area contributed by atoms with Crippen LogP contribution >= 0.6 is 0 Å². The monoisotopic (exact) mass is 346 g/mol. The average Bonchev–Trinajstić information content (AvgIpc) is 3.11. The minimum atomic E-state index is -0.461. The highest BCUT2D eigenvalue weighted by Gasteiger charge is 2.42. The lowest BCUT2D eigenvalue weighted by molar-refractivity contribution is 0.0282. The Morgan fingerprint density at radius 1 is 1.16 bits per heavy atom. The van der Waals surface area contributed by atoms with E-state index in [-0.39, 0.29) is 6.09 Å². The van der Waals surface area contributed by atoms with Gasteiger partial charge in [0.1, 0.15) is 11.4 Å². The molecule has 0 saturated carbocycles. The van der Waals surface area contributed by atoms with Gasteiger partial charge in [-0.25, -0.2) is 4.79 Å². The molecule has 0 unspecified atom stereocenters. The highest BCUT2D eigenvalue weighted by molar-refractivity contribution is 5.81. The van der Waals surface area contributed by atoms with Crippen LogP contribution in [0.1, 0.15) is 31.1 Å². The molecule has 136 valence electrons. The molecule has 6 nitrogen and oxygen atoms in total. The van der Waals surface area contributed by atoms with E-state index in [0.29, 0.717) is 23.1 Å². The number of methoxy groups -OCH3 is 1. The van der Waals surface area contributed by atoms with Gasteiger partial charge in [0.05, 0.1) is 12.7 Å². The van der Waals surface area contributed by atoms with Crippen LogP contribution in [0.3, 0.4) is 0 Å². The summed E-state index contributed by atoms with van der Waals surface area (Å²) in [7, 11) is 1.57. The Bertz CT molecular complexity index is 654. The lowest BCUT2D eigenvalue weighted by Crippen LogP contribution is -2.37. The quantitative estimate of drug-likeness (QED) is 0.788. The Morgan fingerprint density at radius 3 is 2.32 bits per heavy atom. The van der Waals surface area contributed by atoms with E-state index in [9.17, 15) is 9.59 Å². The highest BCUT2D eigenvalue weighted by atomic mass is 16.6. The average molecular weight is 346 g/mol. The zero-order chi connectivity index (χ0) is 18.2. The number of amides is 1. The summed E-state index contributed by atoms with van der Waals surface area (Å²) in [6, 6.07) is 5.66. The van der Waals surface area contributed by atoms with E-state index >= 15 is 0 Å². The van der Waals surface area contributed by atoms with Crippen molar-refractivity contribution in [2.24, 2.45) is 11.8 Å². The topological polar surface area (TPSA) is 59.1 Å². The van der Waals surface area contributed by atoms with Crippen LogP contribution in [0.4, 0.5) is 10.5 Å². The Morgan fingerprint density at radius 2 is 1.80 bits per heavy atom. The number of likely N-dealkylation sites (tertiary alicyclic amines) is 1. The SMILES string of the molecule is COc1cc(N2C[C@H]3CN(C(=O)OC(C)(C)C)C[C@H]3C2)ccc1C=O. The summed E-state index contributed by atoms with van der Waals surface area (Å²) in [5.41, 5.74) is 1.15. The van der Waals surface area contributed by atoms with Crippen molar-refractivity contribution >= 4 is 18.1 Å². The van der Waals surface area contributed by atoms with Crippen LogP contribution in [0.2, 0.25) is 0 Å². The number of benzene rings is 1. The Hall–Kier alpha value is -2.24. The molecule has 3 rings (SSSR count). The van der Waals surface area contributed by atoms with Crippen molar-refractivity contribution in [3.63, 3.8) is 0 Å². The first kappa shape index (κ1) is 17.6. The largest absolute Gasteiger partial charge is 0.496 e. The molecule has 2 heterocycles. The van der Waals surface area contributed by atoms with Crippen LogP contribution in [-0.4, -0.2) is 56.2 Å². The molecule has 0 aromatic heterocycles. The highest BCUT2D eigenvalue weighted by Crippen LogP contribution is 2.36. The molecule has 25 heavy (non-hydrogen) atoms. The number of carbonyl (C=O) groups is 2. The zero-order valence-corrected chi connectivity index (χ0v) is 15.3. The first-order chi connectivity index (χ1) is 11.8. The Kier molecular flexibility index (Phi) is 4.62. The minimum Gasteiger partial charge on any atom is -0.496 e. The van der Waals surface area contributed by atoms with E-state index in [1.165, 1.54) is 0 Å². The van der Waals surface area contributed by atoms with Crippen LogP contribution in [-0.2, 0) is 4.74 Å². The third kappa shape index (κ3) is 3.72. The molecule has 0 bridgehead atoms. The molecule has 2 atom stereocenters. The third-order valence-electron chi connectivity index (χ3n) is 4.85. The maximum Gasteiger partial charge on any atom is 0.410 e. The van der Waals surface area contributed by atoms with Crippen molar-refractivity contribution in [2.75, 3.05) is 38.2 Å². The first-order valence-electron chi connectivity index (χ1n) is 8.67. The van der Waals surface area contributed by atoms with Crippen molar-refractivity contribution in [1.82, 2.24) is 4.90 Å². The molecule has 2 aliphatic heterocycles. The van der Waals surface area contributed by atoms with Crippen LogP contribution in [0.5, 0.6) is 5.75 Å². The number of fused-ring (bicyclic) bond motifs is 1. The number of rotatable bonds is 3. The van der Waals surface area contributed by atoms with E-state index in [1.54, 1.807) is 13.2 Å². The molecular formula is C19H26N2O4. The normalized spacial score (nSPS) is 22.7. The predicted octanol–water partition coefficient (Wildman–Crippen LogP) is 2.81. The van der Waals surface area contributed by atoms with Gasteiger partial charge < -0.3 is 19.3 Å². The molecule has 2 aliphatic rings. The summed E-state index contributed by atoms with van der Waals surface area (Å²) in [5.74, 6) is 1.49. The van der Waals surface area contributed by atoms with E-state index in [0.717, 1.165) is 38.2 Å². The predicted molar refractivity (Wildman–Crippen MR) is 95.4 cm³/mol. The van der Waals surface area contributed by atoms with Crippen LogP contribution in [0.25, 0.3) is 0 Å². The second-order valence-corrected chi connectivity index (χ2v) is 7.85. The fourth-order valence-electron chi connectivity index (χ4n) is 3.67. The summed E-state index contributed by atoms with van der Waals surface area (Å²) in [6.45, 7) is 8.93. The molecule has 1 aromatic carbocycles. The van der Waals surface area contributed by atoms with Crippen LogP contribution in [0, 0.1) is 11.8 Å². The number of anilines is 1. The van der Waals surface area contributed by atoms with Gasteiger partial charge in [0, 0.05) is 49.8 Å². The fourth-order valence-corrected chi connectivity index (χ4v) is 3.67. The maximum absolute atomic E-state index is 12.2. The molecule has 0 aliphatic carbocycles. The van der Waals surface area contributed by atoms with E-state index in [1.807, 2.05) is 37.8 Å². The fraction of sp³-hybridized carbons (Fsp3) is 0.579. The van der Waals surface area contributed by atoms with Gasteiger partial charge in [-0.3, -0.25) is 4.79 Å². The zero-order valence-electron chi connectivity index (χ0n) is 15.3. The van der Waals surface area contributed by atoms with Gasteiger partial charge in [-0.15, -0.1) is 0 Å². The number of aldehydes is 1. The third-order valence-corrected chi connectivity index (χ3v) is 4.85. The number of hydrogen-bond acceptors (Lipinski definition) is 5. The number of carbonyl (C=O) groups excluding carboxylic acids is 2. The van der Waals surface area contributed by atoms with Gasteiger partial charge in [0.25, 0.3) is 0 Å². The van der Waals surface area contributed by atoms with Gasteiger partial charge in [-0.2, -0.15) is 0 Å². The van der Waals surface area contributed by atoms with E-state index < -0.39 is 5.60 Å². The van der Waals surface area contributed by atoms with Crippen molar-refractivity contribution in [3.8, 4) is 5.75 Å². The van der Waals surface area contributed by atoms with Gasteiger partial charge in [0.2, 0.25) is 0 Å².